The SMILES string of the molecule is CC1=CC(=O)CC(C)(C)/C1=C/C[C@@H](C)O[C@@H]1O[C@H](CO)[C@@H](O)[C@H](O)[C@H]1O. The number of carbonyl (C=O) groups is 1. The van der Waals surface area contributed by atoms with Gasteiger partial charge in [0.05, 0.1) is 12.7 Å². The summed E-state index contributed by atoms with van der Waals surface area (Å²) in [6, 6.07) is 0. The molecule has 7 heteroatoms. The Morgan fingerprint density at radius 2 is 1.96 bits per heavy atom. The number of ether oxygens (including phenoxy) is 2. The van der Waals surface area contributed by atoms with Gasteiger partial charge in [0.25, 0.3) is 0 Å². The van der Waals surface area contributed by atoms with E-state index in [1.165, 1.54) is 0 Å². The van der Waals surface area contributed by atoms with Crippen LogP contribution < -0.4 is 0 Å². The minimum Gasteiger partial charge on any atom is -0.394 e. The monoisotopic (exact) mass is 370 g/mol. The quantitative estimate of drug-likeness (QED) is 0.555. The number of allylic oxidation sites excluding steroid dienone is 3. The van der Waals surface area contributed by atoms with Crippen LogP contribution in [0.4, 0.5) is 0 Å². The van der Waals surface area contributed by atoms with Gasteiger partial charge in [0.1, 0.15) is 24.4 Å². The molecule has 0 unspecified atom stereocenters. The molecule has 2 rings (SSSR count). The first-order valence-electron chi connectivity index (χ1n) is 8.95. The van der Waals surface area contributed by atoms with E-state index in [1.54, 1.807) is 13.0 Å². The Labute approximate surface area is 153 Å². The minimum absolute atomic E-state index is 0.121. The third kappa shape index (κ3) is 4.60. The number of aliphatic hydroxyl groups excluding tert-OH is 4. The number of ketones is 1. The van der Waals surface area contributed by atoms with Crippen LogP contribution in [-0.2, 0) is 14.3 Å². The lowest BCUT2D eigenvalue weighted by atomic mass is 9.72. The molecule has 0 amide bonds. The highest BCUT2D eigenvalue weighted by atomic mass is 16.7. The van der Waals surface area contributed by atoms with Crippen molar-refractivity contribution in [1.82, 2.24) is 0 Å². The molecular formula is C19H30O7. The second kappa shape index (κ2) is 8.29. The number of hydrogen-bond acceptors (Lipinski definition) is 7. The molecule has 0 radical (unpaired) electrons. The van der Waals surface area contributed by atoms with E-state index < -0.39 is 37.3 Å². The first-order valence-corrected chi connectivity index (χ1v) is 8.95. The van der Waals surface area contributed by atoms with Crippen molar-refractivity contribution in [1.29, 1.82) is 0 Å². The summed E-state index contributed by atoms with van der Waals surface area (Å²) in [5, 5.41) is 38.9. The standard InChI is InChI=1S/C19H30O7/c1-10-7-12(21)8-19(3,4)13(10)6-5-11(2)25-18-17(24)16(23)15(22)14(9-20)26-18/h6-7,11,14-18,20,22-24H,5,8-9H2,1-4H3/b13-6+/t11-,14-,15-,16+,17-,18-/m1/s1. The van der Waals surface area contributed by atoms with Crippen LogP contribution in [0.5, 0.6) is 0 Å². The molecule has 1 aliphatic heterocycles. The minimum atomic E-state index is -1.45. The molecule has 0 bridgehead atoms. The summed E-state index contributed by atoms with van der Waals surface area (Å²) >= 11 is 0. The van der Waals surface area contributed by atoms with E-state index in [-0.39, 0.29) is 17.3 Å². The van der Waals surface area contributed by atoms with E-state index in [4.69, 9.17) is 9.47 Å². The highest BCUT2D eigenvalue weighted by Crippen LogP contribution is 2.39. The molecule has 1 aliphatic carbocycles. The molecule has 2 aliphatic rings. The van der Waals surface area contributed by atoms with Crippen LogP contribution in [0.15, 0.2) is 23.3 Å². The van der Waals surface area contributed by atoms with Crippen LogP contribution in [0.1, 0.15) is 40.5 Å². The van der Waals surface area contributed by atoms with E-state index in [1.807, 2.05) is 26.8 Å². The predicted molar refractivity (Wildman–Crippen MR) is 94.2 cm³/mol. The van der Waals surface area contributed by atoms with Crippen molar-refractivity contribution in [2.75, 3.05) is 6.61 Å². The number of carbonyl (C=O) groups excluding carboxylic acids is 1. The summed E-state index contributed by atoms with van der Waals surface area (Å²) in [6.45, 7) is 7.27. The Bertz CT molecular complexity index is 578. The van der Waals surface area contributed by atoms with Gasteiger partial charge in [-0.1, -0.05) is 19.9 Å². The van der Waals surface area contributed by atoms with Crippen molar-refractivity contribution in [3.05, 3.63) is 23.3 Å². The molecule has 0 saturated carbocycles. The fourth-order valence-electron chi connectivity index (χ4n) is 3.62. The number of aliphatic hydroxyl groups is 4. The van der Waals surface area contributed by atoms with Crippen molar-refractivity contribution in [3.63, 3.8) is 0 Å². The predicted octanol–water partition coefficient (Wildman–Crippen LogP) is 0.453. The van der Waals surface area contributed by atoms with Crippen molar-refractivity contribution in [2.24, 2.45) is 5.41 Å². The summed E-state index contributed by atoms with van der Waals surface area (Å²) < 4.78 is 11.0. The smallest absolute Gasteiger partial charge is 0.186 e. The van der Waals surface area contributed by atoms with Gasteiger partial charge in [-0.05, 0) is 42.9 Å². The van der Waals surface area contributed by atoms with Crippen LogP contribution in [0.3, 0.4) is 0 Å². The van der Waals surface area contributed by atoms with Crippen LogP contribution in [-0.4, -0.2) is 69.6 Å². The average Bonchev–Trinajstić information content (AvgIpc) is 2.53. The van der Waals surface area contributed by atoms with Crippen LogP contribution in [0.2, 0.25) is 0 Å². The fourth-order valence-corrected chi connectivity index (χ4v) is 3.62. The first-order chi connectivity index (χ1) is 12.1. The van der Waals surface area contributed by atoms with E-state index in [0.29, 0.717) is 12.8 Å². The van der Waals surface area contributed by atoms with Gasteiger partial charge >= 0.3 is 0 Å². The normalized spacial score (nSPS) is 37.5. The molecule has 148 valence electrons. The lowest BCUT2D eigenvalue weighted by Gasteiger charge is -2.40. The van der Waals surface area contributed by atoms with Crippen LogP contribution >= 0.6 is 0 Å². The summed E-state index contributed by atoms with van der Waals surface area (Å²) in [5.74, 6) is 0.121. The van der Waals surface area contributed by atoms with E-state index in [0.717, 1.165) is 11.1 Å². The molecular weight excluding hydrogens is 340 g/mol. The van der Waals surface area contributed by atoms with Gasteiger partial charge in [-0.25, -0.2) is 0 Å². The lowest BCUT2D eigenvalue weighted by molar-refractivity contribution is -0.309. The second-order valence-corrected chi connectivity index (χ2v) is 7.85. The third-order valence-electron chi connectivity index (χ3n) is 5.02. The van der Waals surface area contributed by atoms with Crippen LogP contribution in [0.25, 0.3) is 0 Å². The molecule has 1 fully saturated rings. The van der Waals surface area contributed by atoms with E-state index in [2.05, 4.69) is 0 Å². The van der Waals surface area contributed by atoms with Gasteiger partial charge in [-0.3, -0.25) is 4.79 Å². The lowest BCUT2D eigenvalue weighted by Crippen LogP contribution is -2.59. The third-order valence-corrected chi connectivity index (χ3v) is 5.02. The van der Waals surface area contributed by atoms with E-state index in [9.17, 15) is 25.2 Å². The summed E-state index contributed by atoms with van der Waals surface area (Å²) in [5.41, 5.74) is 1.77. The molecule has 0 aromatic carbocycles. The van der Waals surface area contributed by atoms with Gasteiger partial charge in [-0.15, -0.1) is 0 Å². The van der Waals surface area contributed by atoms with Crippen molar-refractivity contribution >= 4 is 5.78 Å². The van der Waals surface area contributed by atoms with Crippen molar-refractivity contribution in [2.45, 2.75) is 77.3 Å². The van der Waals surface area contributed by atoms with Crippen molar-refractivity contribution < 1.29 is 34.7 Å². The summed E-state index contributed by atoms with van der Waals surface area (Å²) in [6.07, 6.45) is -2.09. The molecule has 0 aromatic rings. The van der Waals surface area contributed by atoms with Gasteiger partial charge in [-0.2, -0.15) is 0 Å². The average molecular weight is 370 g/mol. The highest BCUT2D eigenvalue weighted by Gasteiger charge is 2.44. The zero-order chi connectivity index (χ0) is 19.6. The molecule has 1 heterocycles. The topological polar surface area (TPSA) is 116 Å². The molecule has 4 N–H and O–H groups in total. The van der Waals surface area contributed by atoms with Crippen LogP contribution in [0, 0.1) is 5.41 Å². The van der Waals surface area contributed by atoms with Gasteiger partial charge in [0.2, 0.25) is 0 Å². The maximum absolute atomic E-state index is 11.8. The van der Waals surface area contributed by atoms with Crippen molar-refractivity contribution in [3.8, 4) is 0 Å². The summed E-state index contributed by atoms with van der Waals surface area (Å²) in [7, 11) is 0. The summed E-state index contributed by atoms with van der Waals surface area (Å²) in [4.78, 5) is 11.8. The molecule has 0 aromatic heterocycles. The Hall–Kier alpha value is -1.09. The molecule has 1 saturated heterocycles. The molecule has 0 spiro atoms. The first kappa shape index (κ1) is 21.2. The molecule has 7 nitrogen and oxygen atoms in total. The number of rotatable bonds is 5. The zero-order valence-corrected chi connectivity index (χ0v) is 15.8. The largest absolute Gasteiger partial charge is 0.394 e. The Morgan fingerprint density at radius 3 is 2.54 bits per heavy atom. The van der Waals surface area contributed by atoms with E-state index >= 15 is 0 Å². The molecule has 26 heavy (non-hydrogen) atoms. The maximum atomic E-state index is 11.8. The maximum Gasteiger partial charge on any atom is 0.186 e. The Kier molecular flexibility index (Phi) is 6.76. The second-order valence-electron chi connectivity index (χ2n) is 7.85. The highest BCUT2D eigenvalue weighted by molar-refractivity contribution is 5.93. The molecule has 6 atom stereocenters. The number of hydrogen-bond donors (Lipinski definition) is 4. The van der Waals surface area contributed by atoms with Gasteiger partial charge < -0.3 is 29.9 Å². The fraction of sp³-hybridized carbons (Fsp3) is 0.737. The Balaban J connectivity index is 2.03. The Morgan fingerprint density at radius 1 is 1.31 bits per heavy atom. The van der Waals surface area contributed by atoms with Gasteiger partial charge in [0.15, 0.2) is 12.1 Å². The van der Waals surface area contributed by atoms with Gasteiger partial charge in [0, 0.05) is 6.42 Å². The zero-order valence-electron chi connectivity index (χ0n) is 15.8.